The summed E-state index contributed by atoms with van der Waals surface area (Å²) in [5.41, 5.74) is 5.02. The molecule has 0 spiro atoms. The maximum absolute atomic E-state index is 12.0. The maximum atomic E-state index is 12.0. The second-order valence-electron chi connectivity index (χ2n) is 4.99. The first-order valence-corrected chi connectivity index (χ1v) is 7.38. The highest BCUT2D eigenvalue weighted by Crippen LogP contribution is 2.16. The smallest absolute Gasteiger partial charge is 0.272 e. The summed E-state index contributed by atoms with van der Waals surface area (Å²) < 4.78 is 54.9. The minimum absolute atomic E-state index is 0.0196. The van der Waals surface area contributed by atoms with Crippen LogP contribution in [0.4, 0.5) is 8.78 Å². The van der Waals surface area contributed by atoms with Crippen LogP contribution >= 0.6 is 0 Å². The van der Waals surface area contributed by atoms with Crippen molar-refractivity contribution in [2.75, 3.05) is 13.2 Å². The first-order chi connectivity index (χ1) is 9.10. The zero-order valence-electron chi connectivity index (χ0n) is 11.3. The first kappa shape index (κ1) is 16.8. The Labute approximate surface area is 117 Å². The summed E-state index contributed by atoms with van der Waals surface area (Å²) in [6.07, 6.45) is -2.58. The number of alkyl halides is 2. The van der Waals surface area contributed by atoms with Crippen LogP contribution in [0.2, 0.25) is 0 Å². The van der Waals surface area contributed by atoms with Crippen molar-refractivity contribution in [1.82, 2.24) is 4.72 Å². The van der Waals surface area contributed by atoms with E-state index in [1.54, 1.807) is 13.8 Å². The Morgan fingerprint density at radius 3 is 2.30 bits per heavy atom. The Bertz CT molecular complexity index is 525. The molecule has 0 aliphatic heterocycles. The third kappa shape index (κ3) is 5.81. The molecule has 1 rings (SSSR count). The lowest BCUT2D eigenvalue weighted by atomic mass is 10.1. The van der Waals surface area contributed by atoms with E-state index in [4.69, 9.17) is 10.5 Å². The van der Waals surface area contributed by atoms with E-state index in [0.717, 1.165) is 0 Å². The van der Waals surface area contributed by atoms with Gasteiger partial charge in [0.15, 0.2) is 0 Å². The summed E-state index contributed by atoms with van der Waals surface area (Å²) in [6, 6.07) is 5.22. The molecular weight excluding hydrogens is 290 g/mol. The van der Waals surface area contributed by atoms with Gasteiger partial charge in [-0.2, -0.15) is 0 Å². The van der Waals surface area contributed by atoms with Gasteiger partial charge in [-0.05, 0) is 38.1 Å². The fourth-order valence-corrected chi connectivity index (χ4v) is 2.46. The normalized spacial score (nSPS) is 12.7. The number of hydrogen-bond acceptors (Lipinski definition) is 4. The zero-order chi connectivity index (χ0) is 15.4. The van der Waals surface area contributed by atoms with Crippen LogP contribution in [0.15, 0.2) is 29.2 Å². The predicted octanol–water partition coefficient (Wildman–Crippen LogP) is 1.35. The fourth-order valence-electron chi connectivity index (χ4n) is 1.24. The number of hydrogen-bond donors (Lipinski definition) is 2. The van der Waals surface area contributed by atoms with Gasteiger partial charge in [0.2, 0.25) is 10.0 Å². The molecule has 0 saturated carbocycles. The number of benzene rings is 1. The molecule has 0 heterocycles. The van der Waals surface area contributed by atoms with E-state index in [0.29, 0.717) is 0 Å². The van der Waals surface area contributed by atoms with Crippen molar-refractivity contribution < 1.29 is 21.9 Å². The maximum Gasteiger partial charge on any atom is 0.272 e. The molecule has 114 valence electrons. The molecule has 0 aliphatic rings. The van der Waals surface area contributed by atoms with Crippen molar-refractivity contribution in [2.24, 2.45) is 5.73 Å². The molecule has 0 amide bonds. The van der Waals surface area contributed by atoms with E-state index in [-0.39, 0.29) is 17.2 Å². The molecule has 0 unspecified atom stereocenters. The van der Waals surface area contributed by atoms with Crippen molar-refractivity contribution in [3.8, 4) is 5.75 Å². The summed E-state index contributed by atoms with van der Waals surface area (Å²) >= 11 is 0. The molecule has 0 saturated heterocycles. The predicted molar refractivity (Wildman–Crippen MR) is 71.4 cm³/mol. The van der Waals surface area contributed by atoms with Crippen LogP contribution < -0.4 is 15.2 Å². The molecule has 0 fully saturated rings. The van der Waals surface area contributed by atoms with Crippen LogP contribution in [0.25, 0.3) is 0 Å². The molecule has 0 aromatic heterocycles. The van der Waals surface area contributed by atoms with Crippen LogP contribution in [-0.4, -0.2) is 33.5 Å². The number of halogens is 2. The Balaban J connectivity index is 2.72. The quantitative estimate of drug-likeness (QED) is 0.796. The van der Waals surface area contributed by atoms with Gasteiger partial charge in [0.1, 0.15) is 12.4 Å². The van der Waals surface area contributed by atoms with Gasteiger partial charge >= 0.3 is 0 Å². The van der Waals surface area contributed by atoms with Crippen molar-refractivity contribution in [3.63, 3.8) is 0 Å². The van der Waals surface area contributed by atoms with E-state index in [9.17, 15) is 17.2 Å². The summed E-state index contributed by atoms with van der Waals surface area (Å²) in [6.45, 7) is 2.73. The van der Waals surface area contributed by atoms with E-state index in [1.807, 2.05) is 0 Å². The highest BCUT2D eigenvalue weighted by atomic mass is 32.2. The summed E-state index contributed by atoms with van der Waals surface area (Å²) in [5.74, 6) is 0.184. The highest BCUT2D eigenvalue weighted by molar-refractivity contribution is 7.89. The van der Waals surface area contributed by atoms with Gasteiger partial charge in [-0.25, -0.2) is 21.9 Å². The van der Waals surface area contributed by atoms with Crippen molar-refractivity contribution in [1.29, 1.82) is 0 Å². The summed E-state index contributed by atoms with van der Waals surface area (Å²) in [4.78, 5) is 0.0196. The number of nitrogens with two attached hydrogens (primary N) is 1. The Kier molecular flexibility index (Phi) is 5.43. The molecule has 0 aliphatic carbocycles. The van der Waals surface area contributed by atoms with E-state index in [2.05, 4.69) is 4.72 Å². The molecule has 8 heteroatoms. The van der Waals surface area contributed by atoms with Crippen LogP contribution in [0.5, 0.6) is 5.75 Å². The van der Waals surface area contributed by atoms with Gasteiger partial charge in [-0.1, -0.05) is 0 Å². The number of ether oxygens (including phenoxy) is 1. The molecule has 0 atom stereocenters. The fraction of sp³-hybridized carbons (Fsp3) is 0.500. The third-order valence-corrected chi connectivity index (χ3v) is 3.64. The van der Waals surface area contributed by atoms with Crippen LogP contribution in [0.1, 0.15) is 13.8 Å². The molecule has 1 aromatic rings. The number of rotatable bonds is 7. The monoisotopic (exact) mass is 308 g/mol. The van der Waals surface area contributed by atoms with Gasteiger partial charge in [-0.15, -0.1) is 0 Å². The minimum atomic E-state index is -3.68. The van der Waals surface area contributed by atoms with E-state index < -0.39 is 28.6 Å². The number of nitrogens with one attached hydrogen (secondary N) is 1. The van der Waals surface area contributed by atoms with Crippen LogP contribution in [0, 0.1) is 0 Å². The van der Waals surface area contributed by atoms with Gasteiger partial charge in [0.25, 0.3) is 6.43 Å². The first-order valence-electron chi connectivity index (χ1n) is 5.90. The second-order valence-corrected chi connectivity index (χ2v) is 6.75. The molecular formula is C12H18F2N2O3S. The van der Waals surface area contributed by atoms with Crippen molar-refractivity contribution >= 4 is 10.0 Å². The Morgan fingerprint density at radius 2 is 1.85 bits per heavy atom. The molecule has 5 nitrogen and oxygen atoms in total. The lowest BCUT2D eigenvalue weighted by molar-refractivity contribution is 0.0819. The van der Waals surface area contributed by atoms with Gasteiger partial charge in [-0.3, -0.25) is 0 Å². The van der Waals surface area contributed by atoms with E-state index in [1.165, 1.54) is 24.3 Å². The van der Waals surface area contributed by atoms with Crippen molar-refractivity contribution in [3.05, 3.63) is 24.3 Å². The van der Waals surface area contributed by atoms with Gasteiger partial charge in [0.05, 0.1) is 4.90 Å². The minimum Gasteiger partial charge on any atom is -0.488 e. The summed E-state index contributed by atoms with van der Waals surface area (Å²) in [7, 11) is -3.68. The second kappa shape index (κ2) is 6.47. The topological polar surface area (TPSA) is 81.4 Å². The lowest BCUT2D eigenvalue weighted by Crippen LogP contribution is -2.45. The van der Waals surface area contributed by atoms with Crippen molar-refractivity contribution in [2.45, 2.75) is 30.7 Å². The molecule has 0 bridgehead atoms. The largest absolute Gasteiger partial charge is 0.488 e. The van der Waals surface area contributed by atoms with Crippen LogP contribution in [0.3, 0.4) is 0 Å². The van der Waals surface area contributed by atoms with Crippen LogP contribution in [-0.2, 0) is 10.0 Å². The molecule has 20 heavy (non-hydrogen) atoms. The lowest BCUT2D eigenvalue weighted by Gasteiger charge is -2.19. The summed E-state index contributed by atoms with van der Waals surface area (Å²) in [5, 5.41) is 0. The zero-order valence-corrected chi connectivity index (χ0v) is 12.1. The SMILES string of the molecule is CC(C)(N)CNS(=O)(=O)c1ccc(OCC(F)F)cc1. The van der Waals surface area contributed by atoms with Gasteiger partial charge < -0.3 is 10.5 Å². The number of sulfonamides is 1. The van der Waals surface area contributed by atoms with E-state index >= 15 is 0 Å². The average molecular weight is 308 g/mol. The molecule has 0 radical (unpaired) electrons. The Morgan fingerprint density at radius 1 is 1.30 bits per heavy atom. The Hall–Kier alpha value is -1.25. The average Bonchev–Trinajstić information content (AvgIpc) is 2.34. The molecule has 3 N–H and O–H groups in total. The third-order valence-electron chi connectivity index (χ3n) is 2.23. The van der Waals surface area contributed by atoms with Gasteiger partial charge in [0, 0.05) is 12.1 Å². The highest BCUT2D eigenvalue weighted by Gasteiger charge is 2.18. The molecule has 1 aromatic carbocycles. The standard InChI is InChI=1S/C12H18F2N2O3S/c1-12(2,15)8-16-20(17,18)10-5-3-9(4-6-10)19-7-11(13)14/h3-6,11,16H,7-8,15H2,1-2H3.